The van der Waals surface area contributed by atoms with Crippen molar-refractivity contribution in [3.63, 3.8) is 0 Å². The maximum Gasteiger partial charge on any atom is 0.179 e. The molecule has 0 amide bonds. The molecular weight excluding hydrogens is 262 g/mol. The van der Waals surface area contributed by atoms with Crippen molar-refractivity contribution in [1.29, 1.82) is 0 Å². The third-order valence-electron chi connectivity index (χ3n) is 4.06. The summed E-state index contributed by atoms with van der Waals surface area (Å²) in [5.74, 6) is 1.04. The Balaban J connectivity index is 2.14. The van der Waals surface area contributed by atoms with Gasteiger partial charge in [0.1, 0.15) is 5.76 Å². The van der Waals surface area contributed by atoms with Crippen molar-refractivity contribution in [3.05, 3.63) is 59.0 Å². The smallest absolute Gasteiger partial charge is 0.179 e. The number of likely N-dealkylation sites (N-methyl/N-ethyl adjacent to an activating group) is 1. The second-order valence-corrected chi connectivity index (χ2v) is 5.48. The van der Waals surface area contributed by atoms with Crippen molar-refractivity contribution in [1.82, 2.24) is 4.90 Å². The first-order chi connectivity index (χ1) is 10.0. The molecule has 1 aromatic carbocycles. The van der Waals surface area contributed by atoms with Crippen LogP contribution < -0.4 is 0 Å². The second kappa shape index (κ2) is 6.72. The summed E-state index contributed by atoms with van der Waals surface area (Å²) in [6, 6.07) is 9.56. The number of hydrogen-bond acceptors (Lipinski definition) is 3. The van der Waals surface area contributed by atoms with E-state index in [0.717, 1.165) is 23.4 Å². The number of carbonyl (C=O) groups excluding carboxylic acids is 1. The van der Waals surface area contributed by atoms with Gasteiger partial charge >= 0.3 is 0 Å². The molecule has 112 valence electrons. The molecule has 1 aromatic heterocycles. The number of hydrogen-bond donors (Lipinski definition) is 0. The van der Waals surface area contributed by atoms with Crippen LogP contribution in [0.4, 0.5) is 0 Å². The molecule has 0 saturated carbocycles. The zero-order valence-corrected chi connectivity index (χ0v) is 13.2. The fourth-order valence-corrected chi connectivity index (χ4v) is 2.43. The lowest BCUT2D eigenvalue weighted by molar-refractivity contribution is 0.0826. The van der Waals surface area contributed by atoms with Gasteiger partial charge in [-0.1, -0.05) is 19.1 Å². The van der Waals surface area contributed by atoms with E-state index in [1.54, 1.807) is 6.26 Å². The van der Waals surface area contributed by atoms with E-state index in [-0.39, 0.29) is 11.8 Å². The molecule has 1 heterocycles. The Kier molecular flexibility index (Phi) is 4.97. The quantitative estimate of drug-likeness (QED) is 0.752. The normalized spacial score (nSPS) is 12.6. The van der Waals surface area contributed by atoms with Gasteiger partial charge in [-0.05, 0) is 56.6 Å². The van der Waals surface area contributed by atoms with E-state index in [2.05, 4.69) is 18.7 Å². The Morgan fingerprint density at radius 2 is 2.00 bits per heavy atom. The Morgan fingerprint density at radius 1 is 1.24 bits per heavy atom. The number of carbonyl (C=O) groups is 1. The minimum Gasteiger partial charge on any atom is -0.468 e. The lowest BCUT2D eigenvalue weighted by atomic mass is 9.99. The lowest BCUT2D eigenvalue weighted by Gasteiger charge is -2.26. The highest BCUT2D eigenvalue weighted by atomic mass is 16.3. The van der Waals surface area contributed by atoms with E-state index in [9.17, 15) is 4.79 Å². The summed E-state index contributed by atoms with van der Waals surface area (Å²) >= 11 is 0. The van der Waals surface area contributed by atoms with Crippen molar-refractivity contribution in [3.8, 4) is 0 Å². The van der Waals surface area contributed by atoms with Gasteiger partial charge in [-0.25, -0.2) is 0 Å². The van der Waals surface area contributed by atoms with Crippen molar-refractivity contribution >= 4 is 5.78 Å². The van der Waals surface area contributed by atoms with Crippen LogP contribution >= 0.6 is 0 Å². The van der Waals surface area contributed by atoms with Gasteiger partial charge in [-0.15, -0.1) is 0 Å². The van der Waals surface area contributed by atoms with Gasteiger partial charge < -0.3 is 4.42 Å². The number of nitrogens with zero attached hydrogens (tertiary/aromatic N) is 1. The molecule has 0 aliphatic rings. The molecular formula is C18H23NO2. The summed E-state index contributed by atoms with van der Waals surface area (Å²) in [7, 11) is 0. The third kappa shape index (κ3) is 3.61. The molecule has 21 heavy (non-hydrogen) atoms. The molecule has 0 bridgehead atoms. The predicted molar refractivity (Wildman–Crippen MR) is 84.5 cm³/mol. The van der Waals surface area contributed by atoms with E-state index in [0.29, 0.717) is 6.54 Å². The summed E-state index contributed by atoms with van der Waals surface area (Å²) in [6.07, 6.45) is 1.67. The van der Waals surface area contributed by atoms with Gasteiger partial charge in [0.25, 0.3) is 0 Å². The Morgan fingerprint density at radius 3 is 2.57 bits per heavy atom. The molecule has 0 N–H and O–H groups in total. The van der Waals surface area contributed by atoms with Gasteiger partial charge in [0.2, 0.25) is 0 Å². The average molecular weight is 285 g/mol. The molecule has 0 saturated heterocycles. The van der Waals surface area contributed by atoms with E-state index < -0.39 is 0 Å². The summed E-state index contributed by atoms with van der Waals surface area (Å²) in [4.78, 5) is 14.8. The van der Waals surface area contributed by atoms with E-state index in [4.69, 9.17) is 4.42 Å². The molecule has 1 atom stereocenters. The van der Waals surface area contributed by atoms with Crippen LogP contribution in [0.5, 0.6) is 0 Å². The van der Waals surface area contributed by atoms with Crippen molar-refractivity contribution in [2.45, 2.75) is 40.3 Å². The van der Waals surface area contributed by atoms with Crippen molar-refractivity contribution in [2.24, 2.45) is 0 Å². The fraction of sp³-hybridized carbons (Fsp3) is 0.389. The third-order valence-corrected chi connectivity index (χ3v) is 4.06. The lowest BCUT2D eigenvalue weighted by Crippen LogP contribution is -2.38. The highest BCUT2D eigenvalue weighted by molar-refractivity contribution is 6.00. The number of furan rings is 1. The average Bonchev–Trinajstić information content (AvgIpc) is 2.99. The first kappa shape index (κ1) is 15.5. The van der Waals surface area contributed by atoms with Crippen LogP contribution in [0.2, 0.25) is 0 Å². The molecule has 0 fully saturated rings. The Bertz CT molecular complexity index is 602. The van der Waals surface area contributed by atoms with Gasteiger partial charge in [-0.2, -0.15) is 0 Å². The number of aryl methyl sites for hydroxylation is 2. The molecule has 0 spiro atoms. The van der Waals surface area contributed by atoms with Crippen LogP contribution in [-0.2, 0) is 6.54 Å². The zero-order valence-electron chi connectivity index (χ0n) is 13.2. The summed E-state index contributed by atoms with van der Waals surface area (Å²) in [6.45, 7) is 9.58. The van der Waals surface area contributed by atoms with E-state index in [1.165, 1.54) is 5.56 Å². The zero-order chi connectivity index (χ0) is 15.4. The van der Waals surface area contributed by atoms with Crippen molar-refractivity contribution < 1.29 is 9.21 Å². The monoisotopic (exact) mass is 285 g/mol. The Labute approximate surface area is 126 Å². The number of Topliss-reactive ketones (excluding diaryl/α,β-unsaturated/α-hetero) is 1. The molecule has 3 heteroatoms. The van der Waals surface area contributed by atoms with Gasteiger partial charge in [0.05, 0.1) is 18.8 Å². The SMILES string of the molecule is CCN(Cc1ccco1)C(C)C(=O)c1ccc(C)c(C)c1. The topological polar surface area (TPSA) is 33.5 Å². The standard InChI is InChI=1S/C18H23NO2/c1-5-19(12-17-7-6-10-21-17)15(4)18(20)16-9-8-13(2)14(3)11-16/h6-11,15H,5,12H2,1-4H3. The number of benzene rings is 1. The maximum absolute atomic E-state index is 12.7. The van der Waals surface area contributed by atoms with Crippen LogP contribution in [-0.4, -0.2) is 23.3 Å². The number of ketones is 1. The van der Waals surface area contributed by atoms with Gasteiger partial charge in [0, 0.05) is 5.56 Å². The first-order valence-corrected chi connectivity index (χ1v) is 7.40. The van der Waals surface area contributed by atoms with Crippen molar-refractivity contribution in [2.75, 3.05) is 6.54 Å². The summed E-state index contributed by atoms with van der Waals surface area (Å²) in [5, 5.41) is 0. The molecule has 3 nitrogen and oxygen atoms in total. The highest BCUT2D eigenvalue weighted by Crippen LogP contribution is 2.16. The largest absolute Gasteiger partial charge is 0.468 e. The molecule has 2 rings (SSSR count). The van der Waals surface area contributed by atoms with Crippen LogP contribution in [0.15, 0.2) is 41.0 Å². The van der Waals surface area contributed by atoms with E-state index >= 15 is 0 Å². The second-order valence-electron chi connectivity index (χ2n) is 5.48. The molecule has 1 unspecified atom stereocenters. The van der Waals surface area contributed by atoms with Crippen LogP contribution in [0.3, 0.4) is 0 Å². The summed E-state index contributed by atoms with van der Waals surface area (Å²) in [5.41, 5.74) is 3.15. The van der Waals surface area contributed by atoms with Crippen LogP contribution in [0.1, 0.15) is 41.1 Å². The molecule has 0 aliphatic heterocycles. The van der Waals surface area contributed by atoms with Gasteiger partial charge in [0.15, 0.2) is 5.78 Å². The molecule has 0 radical (unpaired) electrons. The number of rotatable bonds is 6. The molecule has 2 aromatic rings. The Hall–Kier alpha value is -1.87. The maximum atomic E-state index is 12.7. The highest BCUT2D eigenvalue weighted by Gasteiger charge is 2.22. The van der Waals surface area contributed by atoms with Crippen LogP contribution in [0.25, 0.3) is 0 Å². The molecule has 0 aliphatic carbocycles. The minimum absolute atomic E-state index is 0.159. The van der Waals surface area contributed by atoms with Crippen LogP contribution in [0, 0.1) is 13.8 Å². The van der Waals surface area contributed by atoms with E-state index in [1.807, 2.05) is 44.2 Å². The summed E-state index contributed by atoms with van der Waals surface area (Å²) < 4.78 is 5.38. The predicted octanol–water partition coefficient (Wildman–Crippen LogP) is 3.99. The first-order valence-electron chi connectivity index (χ1n) is 7.40. The fourth-order valence-electron chi connectivity index (χ4n) is 2.43. The minimum atomic E-state index is -0.165. The van der Waals surface area contributed by atoms with Gasteiger partial charge in [-0.3, -0.25) is 9.69 Å².